The lowest BCUT2D eigenvalue weighted by atomic mass is 10.2. The second-order valence-corrected chi connectivity index (χ2v) is 8.00. The molecule has 1 fully saturated rings. The van der Waals surface area contributed by atoms with Crippen molar-refractivity contribution in [1.29, 1.82) is 0 Å². The Kier molecular flexibility index (Phi) is 6.58. The number of carbonyl (C=O) groups excluding carboxylic acids is 3. The van der Waals surface area contributed by atoms with Crippen LogP contribution in [0.3, 0.4) is 0 Å². The molecule has 166 valence electrons. The summed E-state index contributed by atoms with van der Waals surface area (Å²) in [5.74, 6) is -1.45. The van der Waals surface area contributed by atoms with Gasteiger partial charge in [-0.2, -0.15) is 0 Å². The van der Waals surface area contributed by atoms with Gasteiger partial charge in [0.2, 0.25) is 0 Å². The molecule has 0 aliphatic carbocycles. The number of esters is 1. The van der Waals surface area contributed by atoms with Crippen LogP contribution in [0.25, 0.3) is 0 Å². The topological polar surface area (TPSA) is 70.2 Å². The number of halogens is 1. The van der Waals surface area contributed by atoms with E-state index in [1.54, 1.807) is 19.1 Å². The summed E-state index contributed by atoms with van der Waals surface area (Å²) in [5.41, 5.74) is 2.20. The van der Waals surface area contributed by atoms with Gasteiger partial charge in [0, 0.05) is 32.7 Å². The maximum Gasteiger partial charge on any atom is 0.338 e. The average molecular weight is 454 g/mol. The molecule has 0 bridgehead atoms. The Morgan fingerprint density at radius 2 is 1.59 bits per heavy atom. The fraction of sp³-hybridized carbons (Fsp3) is 0.292. The number of hydrogen-bond donors (Lipinski definition) is 0. The van der Waals surface area contributed by atoms with Gasteiger partial charge in [-0.3, -0.25) is 14.5 Å². The number of nitrogens with zero attached hydrogens (tertiary/aromatic N) is 3. The first-order chi connectivity index (χ1) is 15.5. The molecule has 1 saturated heterocycles. The number of amides is 2. The number of hydrogen-bond acceptors (Lipinski definition) is 6. The number of anilines is 1. The number of piperazine rings is 1. The molecule has 2 amide bonds. The first-order valence-corrected chi connectivity index (χ1v) is 10.9. The van der Waals surface area contributed by atoms with E-state index >= 15 is 0 Å². The Hall–Kier alpha value is -3.16. The quantitative estimate of drug-likeness (QED) is 0.494. The van der Waals surface area contributed by atoms with E-state index in [9.17, 15) is 14.4 Å². The van der Waals surface area contributed by atoms with Crippen molar-refractivity contribution in [3.05, 3.63) is 76.5 Å². The summed E-state index contributed by atoms with van der Waals surface area (Å²) in [5, 5.41) is -0.0685. The van der Waals surface area contributed by atoms with Crippen LogP contribution in [-0.2, 0) is 20.9 Å². The van der Waals surface area contributed by atoms with Crippen molar-refractivity contribution >= 4 is 35.1 Å². The van der Waals surface area contributed by atoms with E-state index in [4.69, 9.17) is 16.3 Å². The lowest BCUT2D eigenvalue weighted by Gasteiger charge is -2.36. The number of imide groups is 1. The number of ether oxygens (including phenoxy) is 1. The van der Waals surface area contributed by atoms with Crippen LogP contribution in [0.5, 0.6) is 0 Å². The number of rotatable bonds is 6. The predicted molar refractivity (Wildman–Crippen MR) is 121 cm³/mol. The molecule has 2 heterocycles. The Bertz CT molecular complexity index is 1040. The smallest absolute Gasteiger partial charge is 0.338 e. The third-order valence-corrected chi connectivity index (χ3v) is 5.92. The maximum absolute atomic E-state index is 13.1. The standard InChI is InChI=1S/C24H24ClN3O4/c1-2-32-24(31)18-8-10-19(11-9-18)28-22(29)20(25)21(23(28)30)27-14-12-26(13-15-27)16-17-6-4-3-5-7-17/h3-11H,2,12-16H2,1H3. The second-order valence-electron chi connectivity index (χ2n) is 7.62. The Labute approximate surface area is 191 Å². The van der Waals surface area contributed by atoms with Crippen LogP contribution in [-0.4, -0.2) is 60.4 Å². The van der Waals surface area contributed by atoms with Gasteiger partial charge in [0.1, 0.15) is 10.7 Å². The largest absolute Gasteiger partial charge is 0.462 e. The molecule has 0 N–H and O–H groups in total. The minimum Gasteiger partial charge on any atom is -0.462 e. The number of carbonyl (C=O) groups is 3. The molecule has 0 saturated carbocycles. The minimum atomic E-state index is -0.553. The molecule has 2 aromatic carbocycles. The summed E-state index contributed by atoms with van der Waals surface area (Å²) in [6.45, 7) is 5.57. The Morgan fingerprint density at radius 3 is 2.22 bits per heavy atom. The van der Waals surface area contributed by atoms with E-state index in [1.807, 2.05) is 23.1 Å². The van der Waals surface area contributed by atoms with Crippen molar-refractivity contribution in [3.63, 3.8) is 0 Å². The van der Waals surface area contributed by atoms with E-state index in [0.29, 0.717) is 24.3 Å². The molecule has 0 atom stereocenters. The molecule has 0 radical (unpaired) electrons. The number of benzene rings is 2. The molecule has 2 aromatic rings. The first-order valence-electron chi connectivity index (χ1n) is 10.6. The van der Waals surface area contributed by atoms with Gasteiger partial charge >= 0.3 is 5.97 Å². The molecule has 7 nitrogen and oxygen atoms in total. The van der Waals surface area contributed by atoms with Crippen LogP contribution in [0.15, 0.2) is 65.3 Å². The van der Waals surface area contributed by atoms with Crippen LogP contribution in [0.4, 0.5) is 5.69 Å². The van der Waals surface area contributed by atoms with Gasteiger partial charge in [-0.25, -0.2) is 9.69 Å². The van der Waals surface area contributed by atoms with Gasteiger partial charge in [-0.15, -0.1) is 0 Å². The van der Waals surface area contributed by atoms with Crippen molar-refractivity contribution in [3.8, 4) is 0 Å². The molecule has 0 spiro atoms. The summed E-state index contributed by atoms with van der Waals surface area (Å²) in [6, 6.07) is 16.4. The van der Waals surface area contributed by atoms with Crippen molar-refractivity contribution in [2.24, 2.45) is 0 Å². The van der Waals surface area contributed by atoms with Gasteiger partial charge < -0.3 is 9.64 Å². The van der Waals surface area contributed by atoms with Crippen molar-refractivity contribution in [2.75, 3.05) is 37.7 Å². The van der Waals surface area contributed by atoms with E-state index in [-0.39, 0.29) is 17.3 Å². The van der Waals surface area contributed by atoms with Crippen molar-refractivity contribution in [1.82, 2.24) is 9.80 Å². The van der Waals surface area contributed by atoms with E-state index < -0.39 is 17.8 Å². The second kappa shape index (κ2) is 9.54. The predicted octanol–water partition coefficient (Wildman–Crippen LogP) is 3.00. The molecule has 2 aliphatic rings. The fourth-order valence-electron chi connectivity index (χ4n) is 3.93. The molecular formula is C24H24ClN3O4. The van der Waals surface area contributed by atoms with Crippen LogP contribution in [0.1, 0.15) is 22.8 Å². The zero-order chi connectivity index (χ0) is 22.7. The summed E-state index contributed by atoms with van der Waals surface area (Å²) >= 11 is 6.33. The highest BCUT2D eigenvalue weighted by Gasteiger charge is 2.42. The lowest BCUT2D eigenvalue weighted by molar-refractivity contribution is -0.121. The Balaban J connectivity index is 1.43. The third kappa shape index (κ3) is 4.40. The first kappa shape index (κ1) is 22.0. The molecular weight excluding hydrogens is 430 g/mol. The highest BCUT2D eigenvalue weighted by atomic mass is 35.5. The molecule has 4 rings (SSSR count). The van der Waals surface area contributed by atoms with Gasteiger partial charge in [-0.05, 0) is 36.8 Å². The highest BCUT2D eigenvalue weighted by molar-refractivity contribution is 6.52. The molecule has 0 aromatic heterocycles. The molecule has 32 heavy (non-hydrogen) atoms. The molecule has 0 unspecified atom stereocenters. The summed E-state index contributed by atoms with van der Waals surface area (Å²) in [7, 11) is 0. The monoisotopic (exact) mass is 453 g/mol. The van der Waals surface area contributed by atoms with Crippen LogP contribution >= 0.6 is 11.6 Å². The SMILES string of the molecule is CCOC(=O)c1ccc(N2C(=O)C(Cl)=C(N3CCN(Cc4ccccc4)CC3)C2=O)cc1. The van der Waals surface area contributed by atoms with E-state index in [0.717, 1.165) is 24.5 Å². The zero-order valence-corrected chi connectivity index (χ0v) is 18.5. The van der Waals surface area contributed by atoms with Gasteiger partial charge in [-0.1, -0.05) is 41.9 Å². The average Bonchev–Trinajstić information content (AvgIpc) is 3.03. The van der Waals surface area contributed by atoms with Crippen LogP contribution < -0.4 is 4.90 Å². The van der Waals surface area contributed by atoms with E-state index in [1.165, 1.54) is 17.7 Å². The Morgan fingerprint density at radius 1 is 0.938 bits per heavy atom. The zero-order valence-electron chi connectivity index (χ0n) is 17.8. The summed E-state index contributed by atoms with van der Waals surface area (Å²) in [6.07, 6.45) is 0. The maximum atomic E-state index is 13.1. The van der Waals surface area contributed by atoms with Crippen LogP contribution in [0, 0.1) is 0 Å². The normalized spacial score (nSPS) is 17.3. The van der Waals surface area contributed by atoms with Gasteiger partial charge in [0.05, 0.1) is 17.9 Å². The lowest BCUT2D eigenvalue weighted by Crippen LogP contribution is -2.47. The van der Waals surface area contributed by atoms with Crippen molar-refractivity contribution < 1.29 is 19.1 Å². The van der Waals surface area contributed by atoms with E-state index in [2.05, 4.69) is 17.0 Å². The molecule has 8 heteroatoms. The minimum absolute atomic E-state index is 0.0685. The summed E-state index contributed by atoms with van der Waals surface area (Å²) < 4.78 is 4.97. The highest BCUT2D eigenvalue weighted by Crippen LogP contribution is 2.32. The van der Waals surface area contributed by atoms with Gasteiger partial charge in [0.25, 0.3) is 11.8 Å². The van der Waals surface area contributed by atoms with Crippen molar-refractivity contribution in [2.45, 2.75) is 13.5 Å². The summed E-state index contributed by atoms with van der Waals surface area (Å²) in [4.78, 5) is 43.0. The molecule has 2 aliphatic heterocycles. The third-order valence-electron chi connectivity index (χ3n) is 5.58. The van der Waals surface area contributed by atoms with Gasteiger partial charge in [0.15, 0.2) is 0 Å². The fourth-order valence-corrected chi connectivity index (χ4v) is 4.22. The van der Waals surface area contributed by atoms with Crippen LogP contribution in [0.2, 0.25) is 0 Å².